The van der Waals surface area contributed by atoms with E-state index < -0.39 is 23.7 Å². The van der Waals surface area contributed by atoms with Gasteiger partial charge in [-0.25, -0.2) is 18.2 Å². The van der Waals surface area contributed by atoms with Gasteiger partial charge in [-0.1, -0.05) is 20.3 Å². The third-order valence-corrected chi connectivity index (χ3v) is 4.76. The zero-order valence-corrected chi connectivity index (χ0v) is 17.3. The molecule has 0 saturated heterocycles. The maximum Gasteiger partial charge on any atom is 0.274 e. The van der Waals surface area contributed by atoms with Gasteiger partial charge >= 0.3 is 0 Å². The summed E-state index contributed by atoms with van der Waals surface area (Å²) in [4.78, 5) is 20.2. The minimum absolute atomic E-state index is 0.0233. The van der Waals surface area contributed by atoms with Crippen molar-refractivity contribution in [3.05, 3.63) is 59.2 Å². The molecule has 3 N–H and O–H groups in total. The Kier molecular flexibility index (Phi) is 8.14. The molecule has 1 unspecified atom stereocenters. The van der Waals surface area contributed by atoms with Crippen LogP contribution in [0, 0.1) is 17.1 Å². The number of amides is 1. The van der Waals surface area contributed by atoms with Crippen molar-refractivity contribution in [2.75, 3.05) is 5.32 Å². The van der Waals surface area contributed by atoms with Crippen LogP contribution in [0.3, 0.4) is 0 Å². The van der Waals surface area contributed by atoms with E-state index in [-0.39, 0.29) is 34.8 Å². The number of pyridine rings is 1. The lowest BCUT2D eigenvalue weighted by Crippen LogP contribution is -2.35. The second-order valence-corrected chi connectivity index (χ2v) is 6.73. The maximum atomic E-state index is 14.6. The second-order valence-electron chi connectivity index (χ2n) is 6.73. The summed E-state index contributed by atoms with van der Waals surface area (Å²) >= 11 is 0. The first kappa shape index (κ1) is 23.9. The molecule has 0 bridgehead atoms. The van der Waals surface area contributed by atoms with Gasteiger partial charge in [0.05, 0.1) is 11.4 Å². The number of aromatic nitrogens is 1. The van der Waals surface area contributed by atoms with Crippen LogP contribution in [0.25, 0.3) is 0 Å². The van der Waals surface area contributed by atoms with Gasteiger partial charge < -0.3 is 11.1 Å². The molecule has 6 nitrogen and oxygen atoms in total. The molecule has 9 heteroatoms. The second kappa shape index (κ2) is 10.6. The molecule has 0 saturated carbocycles. The summed E-state index contributed by atoms with van der Waals surface area (Å²) in [5.41, 5.74) is 3.76. The van der Waals surface area contributed by atoms with E-state index in [1.165, 1.54) is 24.4 Å². The van der Waals surface area contributed by atoms with Crippen LogP contribution in [0.2, 0.25) is 0 Å². The topological polar surface area (TPSA) is 104 Å². The standard InChI is InChI=1S/C20H18F3N5O.C2H6/c21-15-6-5-13(27-18(29)16-7-4-12(10-24)11-26-16)9-14(15)20(19(22)23)8-2-1-3-17(25)28-20;1-2/h4-7,9,11,19H,1-3,8H2,(H2,25,28)(H,27,29);1-2H3. The van der Waals surface area contributed by atoms with Crippen molar-refractivity contribution in [1.29, 1.82) is 5.26 Å². The highest BCUT2D eigenvalue weighted by atomic mass is 19.3. The average Bonchev–Trinajstić information content (AvgIpc) is 2.98. The summed E-state index contributed by atoms with van der Waals surface area (Å²) in [5.74, 6) is -1.42. The predicted molar refractivity (Wildman–Crippen MR) is 112 cm³/mol. The number of nitrogens with two attached hydrogens (primary N) is 1. The number of hydrogen-bond acceptors (Lipinski definition) is 5. The third-order valence-electron chi connectivity index (χ3n) is 4.76. The molecule has 31 heavy (non-hydrogen) atoms. The minimum Gasteiger partial charge on any atom is -0.387 e. The number of rotatable bonds is 4. The smallest absolute Gasteiger partial charge is 0.274 e. The number of anilines is 1. The van der Waals surface area contributed by atoms with Gasteiger partial charge in [0, 0.05) is 23.9 Å². The van der Waals surface area contributed by atoms with E-state index in [0.717, 1.165) is 12.1 Å². The molecule has 1 aromatic heterocycles. The third kappa shape index (κ3) is 5.40. The number of halogens is 3. The van der Waals surface area contributed by atoms with Crippen molar-refractivity contribution in [2.24, 2.45) is 10.7 Å². The van der Waals surface area contributed by atoms with Crippen molar-refractivity contribution >= 4 is 17.4 Å². The summed E-state index contributed by atoms with van der Waals surface area (Å²) in [5, 5.41) is 11.3. The summed E-state index contributed by atoms with van der Waals surface area (Å²) in [6, 6.07) is 8.10. The molecular weight excluding hydrogens is 407 g/mol. The van der Waals surface area contributed by atoms with Crippen LogP contribution in [-0.4, -0.2) is 23.2 Å². The van der Waals surface area contributed by atoms with Crippen molar-refractivity contribution in [2.45, 2.75) is 51.5 Å². The molecule has 0 fully saturated rings. The summed E-state index contributed by atoms with van der Waals surface area (Å²) in [7, 11) is 0. The van der Waals surface area contributed by atoms with E-state index in [0.29, 0.717) is 19.3 Å². The lowest BCUT2D eigenvalue weighted by atomic mass is 9.85. The Hall–Kier alpha value is -3.41. The SMILES string of the molecule is CC.N#Cc1ccc(C(=O)Nc2ccc(F)c(C3(C(F)F)CCCCC(N)=N3)c2)nc1. The predicted octanol–water partition coefficient (Wildman–Crippen LogP) is 4.76. The van der Waals surface area contributed by atoms with E-state index in [1.807, 2.05) is 19.9 Å². The molecule has 3 rings (SSSR count). The zero-order valence-electron chi connectivity index (χ0n) is 17.3. The van der Waals surface area contributed by atoms with Gasteiger partial charge in [0.2, 0.25) is 0 Å². The first-order valence-electron chi connectivity index (χ1n) is 9.95. The number of nitriles is 1. The fourth-order valence-corrected chi connectivity index (χ4v) is 3.26. The van der Waals surface area contributed by atoms with Crippen molar-refractivity contribution in [1.82, 2.24) is 4.98 Å². The number of carbonyl (C=O) groups is 1. The monoisotopic (exact) mass is 431 g/mol. The lowest BCUT2D eigenvalue weighted by Gasteiger charge is -2.29. The van der Waals surface area contributed by atoms with E-state index in [2.05, 4.69) is 15.3 Å². The largest absolute Gasteiger partial charge is 0.387 e. The highest BCUT2D eigenvalue weighted by Crippen LogP contribution is 2.41. The Bertz CT molecular complexity index is 986. The Balaban J connectivity index is 0.00000166. The number of carbonyl (C=O) groups excluding carboxylic acids is 1. The van der Waals surface area contributed by atoms with Gasteiger partial charge in [0.1, 0.15) is 17.6 Å². The fraction of sp³-hybridized carbons (Fsp3) is 0.364. The van der Waals surface area contributed by atoms with E-state index in [4.69, 9.17) is 11.0 Å². The van der Waals surface area contributed by atoms with Crippen LogP contribution in [0.5, 0.6) is 0 Å². The first-order chi connectivity index (χ1) is 14.9. The number of benzene rings is 1. The molecule has 1 atom stereocenters. The number of nitrogens with zero attached hydrogens (tertiary/aromatic N) is 3. The summed E-state index contributed by atoms with van der Waals surface area (Å²) in [6.07, 6.45) is -0.417. The molecule has 1 aliphatic rings. The van der Waals surface area contributed by atoms with E-state index in [1.54, 1.807) is 0 Å². The molecule has 2 heterocycles. The Morgan fingerprint density at radius 2 is 2.00 bits per heavy atom. The molecule has 1 aliphatic heterocycles. The van der Waals surface area contributed by atoms with Crippen LogP contribution >= 0.6 is 0 Å². The van der Waals surface area contributed by atoms with Gasteiger partial charge in [0.25, 0.3) is 12.3 Å². The Morgan fingerprint density at radius 1 is 1.26 bits per heavy atom. The maximum absolute atomic E-state index is 14.6. The zero-order chi connectivity index (χ0) is 23.0. The Labute approximate surface area is 179 Å². The number of aliphatic imine (C=N–C) groups is 1. The highest BCUT2D eigenvalue weighted by Gasteiger charge is 2.44. The van der Waals surface area contributed by atoms with Gasteiger partial charge in [-0.3, -0.25) is 9.79 Å². The Morgan fingerprint density at radius 3 is 2.61 bits per heavy atom. The molecule has 0 spiro atoms. The van der Waals surface area contributed by atoms with Gasteiger partial charge in [-0.05, 0) is 43.2 Å². The van der Waals surface area contributed by atoms with Gasteiger partial charge in [-0.2, -0.15) is 5.26 Å². The number of nitrogens with one attached hydrogen (secondary N) is 1. The van der Waals surface area contributed by atoms with Crippen molar-refractivity contribution in [3.63, 3.8) is 0 Å². The molecule has 0 radical (unpaired) electrons. The van der Waals surface area contributed by atoms with Crippen molar-refractivity contribution in [3.8, 4) is 6.07 Å². The van der Waals surface area contributed by atoms with Crippen LogP contribution in [0.4, 0.5) is 18.9 Å². The molecule has 164 valence electrons. The highest BCUT2D eigenvalue weighted by molar-refractivity contribution is 6.02. The lowest BCUT2D eigenvalue weighted by molar-refractivity contribution is 0.0457. The van der Waals surface area contributed by atoms with Gasteiger partial charge in [-0.15, -0.1) is 0 Å². The van der Waals surface area contributed by atoms with Crippen molar-refractivity contribution < 1.29 is 18.0 Å². The van der Waals surface area contributed by atoms with Crippen LogP contribution in [0.1, 0.15) is 61.1 Å². The minimum atomic E-state index is -2.97. The fourth-order valence-electron chi connectivity index (χ4n) is 3.26. The van der Waals surface area contributed by atoms with Crippen LogP contribution in [0.15, 0.2) is 41.5 Å². The summed E-state index contributed by atoms with van der Waals surface area (Å²) < 4.78 is 42.7. The van der Waals surface area contributed by atoms with Crippen LogP contribution in [-0.2, 0) is 5.54 Å². The average molecular weight is 431 g/mol. The normalized spacial score (nSPS) is 18.2. The number of amidine groups is 1. The molecular formula is C22H24F3N5O. The van der Waals surface area contributed by atoms with E-state index in [9.17, 15) is 18.0 Å². The van der Waals surface area contributed by atoms with Gasteiger partial charge in [0.15, 0.2) is 5.54 Å². The number of hydrogen-bond donors (Lipinski definition) is 2. The first-order valence-corrected chi connectivity index (χ1v) is 9.95. The molecule has 2 aromatic rings. The van der Waals surface area contributed by atoms with E-state index >= 15 is 0 Å². The molecule has 1 amide bonds. The quantitative estimate of drug-likeness (QED) is 0.728. The van der Waals surface area contributed by atoms with Crippen LogP contribution < -0.4 is 11.1 Å². The molecule has 0 aliphatic carbocycles. The summed E-state index contributed by atoms with van der Waals surface area (Å²) in [6.45, 7) is 4.00. The number of alkyl halides is 2. The molecule has 1 aromatic carbocycles.